The van der Waals surface area contributed by atoms with Crippen molar-refractivity contribution in [3.8, 4) is 5.75 Å². The largest absolute Gasteiger partial charge is 0.483 e. The van der Waals surface area contributed by atoms with Gasteiger partial charge >= 0.3 is 5.97 Å². The number of esters is 1. The summed E-state index contributed by atoms with van der Waals surface area (Å²) < 4.78 is 39.7. The van der Waals surface area contributed by atoms with Gasteiger partial charge in [-0.3, -0.25) is 4.79 Å². The molecule has 0 fully saturated rings. The number of fused-ring (bicyclic) bond motifs is 1. The van der Waals surface area contributed by atoms with Crippen LogP contribution in [0.5, 0.6) is 5.75 Å². The van der Waals surface area contributed by atoms with E-state index in [9.17, 15) is 18.4 Å². The van der Waals surface area contributed by atoms with Gasteiger partial charge in [0.15, 0.2) is 17.4 Å². The highest BCUT2D eigenvalue weighted by atomic mass is 35.5. The zero-order chi connectivity index (χ0) is 21.1. The first kappa shape index (κ1) is 21.0. The molecule has 0 aliphatic rings. The number of halogens is 3. The van der Waals surface area contributed by atoms with Gasteiger partial charge in [-0.2, -0.15) is 0 Å². The van der Waals surface area contributed by atoms with Crippen molar-refractivity contribution in [3.05, 3.63) is 63.0 Å². The molecule has 0 radical (unpaired) electrons. The minimum absolute atomic E-state index is 0.235. The van der Waals surface area contributed by atoms with Crippen molar-refractivity contribution in [1.29, 1.82) is 0 Å². The van der Waals surface area contributed by atoms with Gasteiger partial charge in [0.1, 0.15) is 11.5 Å². The van der Waals surface area contributed by atoms with Crippen LogP contribution in [0.1, 0.15) is 38.9 Å². The maximum Gasteiger partial charge on any atom is 0.348 e. The summed E-state index contributed by atoms with van der Waals surface area (Å²) in [4.78, 5) is 23.8. The Morgan fingerprint density at radius 1 is 1.21 bits per heavy atom. The molecule has 0 unspecified atom stereocenters. The molecule has 9 heteroatoms. The summed E-state index contributed by atoms with van der Waals surface area (Å²) in [5, 5.41) is 0.925. The van der Waals surface area contributed by atoms with Crippen molar-refractivity contribution < 1.29 is 27.8 Å². The number of amides is 1. The standard InChI is InChI=1S/C20H16ClF2NO4S/c1-2-6-27-20(26)18-11(16-12(21)4-3-5-15(16)29-18)9-28-17-13(22)7-10(19(24)25)8-14(17)23/h3-5,7-8H,2,6,9H2,1H3,(H2,24,25). The molecule has 0 atom stereocenters. The normalized spacial score (nSPS) is 10.9. The molecule has 2 aromatic carbocycles. The number of hydrogen-bond acceptors (Lipinski definition) is 5. The average Bonchev–Trinajstić information content (AvgIpc) is 3.05. The fourth-order valence-corrected chi connectivity index (χ4v) is 4.19. The summed E-state index contributed by atoms with van der Waals surface area (Å²) >= 11 is 7.44. The van der Waals surface area contributed by atoms with Gasteiger partial charge in [-0.05, 0) is 30.7 Å². The Bertz CT molecular complexity index is 1080. The van der Waals surface area contributed by atoms with Crippen molar-refractivity contribution in [2.24, 2.45) is 5.73 Å². The molecule has 3 rings (SSSR count). The topological polar surface area (TPSA) is 78.6 Å². The van der Waals surface area contributed by atoms with Crippen LogP contribution in [-0.2, 0) is 11.3 Å². The van der Waals surface area contributed by atoms with Gasteiger partial charge in [-0.25, -0.2) is 13.6 Å². The van der Waals surface area contributed by atoms with E-state index in [0.29, 0.717) is 27.1 Å². The van der Waals surface area contributed by atoms with Gasteiger partial charge in [0.25, 0.3) is 0 Å². The molecule has 5 nitrogen and oxygen atoms in total. The minimum Gasteiger partial charge on any atom is -0.483 e. The van der Waals surface area contributed by atoms with Crippen molar-refractivity contribution in [2.75, 3.05) is 6.61 Å². The zero-order valence-electron chi connectivity index (χ0n) is 15.3. The van der Waals surface area contributed by atoms with Crippen LogP contribution in [0, 0.1) is 11.6 Å². The Morgan fingerprint density at radius 2 is 1.90 bits per heavy atom. The van der Waals surface area contributed by atoms with E-state index in [4.69, 9.17) is 26.8 Å². The number of nitrogens with two attached hydrogens (primary N) is 1. The van der Waals surface area contributed by atoms with Crippen LogP contribution in [0.3, 0.4) is 0 Å². The Labute approximate surface area is 174 Å². The van der Waals surface area contributed by atoms with E-state index in [1.807, 2.05) is 6.92 Å². The summed E-state index contributed by atoms with van der Waals surface area (Å²) in [7, 11) is 0. The number of ether oxygens (including phenoxy) is 2. The van der Waals surface area contributed by atoms with Crippen LogP contribution in [0.4, 0.5) is 8.78 Å². The SMILES string of the molecule is CCCOC(=O)c1sc2cccc(Cl)c2c1COc1c(F)cc(C(N)=O)cc1F. The van der Waals surface area contributed by atoms with Crippen LogP contribution < -0.4 is 10.5 Å². The van der Waals surface area contributed by atoms with Crippen molar-refractivity contribution in [3.63, 3.8) is 0 Å². The Kier molecular flexibility index (Phi) is 6.34. The second-order valence-corrected chi connectivity index (χ2v) is 7.54. The molecule has 0 aliphatic carbocycles. The lowest BCUT2D eigenvalue weighted by Gasteiger charge is -2.11. The predicted molar refractivity (Wildman–Crippen MR) is 107 cm³/mol. The Balaban J connectivity index is 1.99. The smallest absolute Gasteiger partial charge is 0.348 e. The fourth-order valence-electron chi connectivity index (χ4n) is 2.71. The Hall–Kier alpha value is -2.71. The van der Waals surface area contributed by atoms with Crippen LogP contribution >= 0.6 is 22.9 Å². The summed E-state index contributed by atoms with van der Waals surface area (Å²) in [5.41, 5.74) is 5.10. The molecular weight excluding hydrogens is 424 g/mol. The van der Waals surface area contributed by atoms with E-state index in [2.05, 4.69) is 0 Å². The summed E-state index contributed by atoms with van der Waals surface area (Å²) in [5.74, 6) is -4.38. The monoisotopic (exact) mass is 439 g/mol. The third-order valence-electron chi connectivity index (χ3n) is 4.03. The first-order chi connectivity index (χ1) is 13.8. The van der Waals surface area contributed by atoms with E-state index in [1.54, 1.807) is 18.2 Å². The fraction of sp³-hybridized carbons (Fsp3) is 0.200. The van der Waals surface area contributed by atoms with E-state index < -0.39 is 29.3 Å². The highest BCUT2D eigenvalue weighted by Gasteiger charge is 2.23. The molecule has 0 saturated heterocycles. The second kappa shape index (κ2) is 8.75. The van der Waals surface area contributed by atoms with E-state index in [-0.39, 0.29) is 23.7 Å². The number of hydrogen-bond donors (Lipinski definition) is 1. The molecule has 0 bridgehead atoms. The maximum atomic E-state index is 14.2. The Morgan fingerprint density at radius 3 is 2.52 bits per heavy atom. The highest BCUT2D eigenvalue weighted by molar-refractivity contribution is 7.21. The molecule has 1 amide bonds. The first-order valence-electron chi connectivity index (χ1n) is 8.62. The zero-order valence-corrected chi connectivity index (χ0v) is 16.8. The molecule has 0 spiro atoms. The molecular formula is C20H16ClF2NO4S. The van der Waals surface area contributed by atoms with Crippen molar-refractivity contribution in [1.82, 2.24) is 0 Å². The van der Waals surface area contributed by atoms with Gasteiger partial charge < -0.3 is 15.2 Å². The van der Waals surface area contributed by atoms with Crippen LogP contribution in [0.2, 0.25) is 5.02 Å². The maximum absolute atomic E-state index is 14.2. The lowest BCUT2D eigenvalue weighted by atomic mass is 10.1. The minimum atomic E-state index is -1.08. The van der Waals surface area contributed by atoms with Crippen molar-refractivity contribution in [2.45, 2.75) is 20.0 Å². The molecule has 1 heterocycles. The van der Waals surface area contributed by atoms with Gasteiger partial charge in [0.05, 0.1) is 6.61 Å². The van der Waals surface area contributed by atoms with E-state index >= 15 is 0 Å². The number of rotatable bonds is 7. The van der Waals surface area contributed by atoms with Crippen LogP contribution in [0.25, 0.3) is 10.1 Å². The predicted octanol–water partition coefficient (Wildman–Crippen LogP) is 5.08. The third kappa shape index (κ3) is 4.33. The van der Waals surface area contributed by atoms with Crippen LogP contribution in [0.15, 0.2) is 30.3 Å². The summed E-state index contributed by atoms with van der Waals surface area (Å²) in [6.07, 6.45) is 0.645. The van der Waals surface area contributed by atoms with Gasteiger partial charge in [0.2, 0.25) is 5.91 Å². The first-order valence-corrected chi connectivity index (χ1v) is 9.81. The lowest BCUT2D eigenvalue weighted by Crippen LogP contribution is -2.13. The van der Waals surface area contributed by atoms with E-state index in [1.165, 1.54) is 0 Å². The molecule has 1 aromatic heterocycles. The third-order valence-corrected chi connectivity index (χ3v) is 5.52. The van der Waals surface area contributed by atoms with E-state index in [0.717, 1.165) is 23.5 Å². The number of carbonyl (C=O) groups excluding carboxylic acids is 2. The van der Waals surface area contributed by atoms with Gasteiger partial charge in [-0.1, -0.05) is 24.6 Å². The molecule has 2 N–H and O–H groups in total. The number of primary amides is 1. The molecule has 0 aliphatic heterocycles. The lowest BCUT2D eigenvalue weighted by molar-refractivity contribution is 0.0508. The molecule has 0 saturated carbocycles. The van der Waals surface area contributed by atoms with Crippen molar-refractivity contribution >= 4 is 44.9 Å². The number of carbonyl (C=O) groups is 2. The summed E-state index contributed by atoms with van der Waals surface area (Å²) in [6, 6.07) is 6.72. The average molecular weight is 440 g/mol. The van der Waals surface area contributed by atoms with Crippen LogP contribution in [-0.4, -0.2) is 18.5 Å². The number of benzene rings is 2. The molecule has 152 valence electrons. The molecule has 29 heavy (non-hydrogen) atoms. The summed E-state index contributed by atoms with van der Waals surface area (Å²) in [6.45, 7) is 1.77. The van der Waals surface area contributed by atoms with Gasteiger partial charge in [-0.15, -0.1) is 11.3 Å². The quantitative estimate of drug-likeness (QED) is 0.521. The molecule has 3 aromatic rings. The highest BCUT2D eigenvalue weighted by Crippen LogP contribution is 2.37. The number of thiophene rings is 1. The van der Waals surface area contributed by atoms with Gasteiger partial charge in [0, 0.05) is 26.2 Å². The second-order valence-electron chi connectivity index (χ2n) is 6.08.